The van der Waals surface area contributed by atoms with E-state index in [0.717, 1.165) is 17.2 Å². The lowest BCUT2D eigenvalue weighted by molar-refractivity contribution is 0.760. The summed E-state index contributed by atoms with van der Waals surface area (Å²) in [6.07, 6.45) is 0. The van der Waals surface area contributed by atoms with Gasteiger partial charge in [-0.1, -0.05) is 35.9 Å². The Morgan fingerprint density at radius 2 is 1.80 bits per heavy atom. The average molecular weight is 365 g/mol. The third kappa shape index (κ3) is 3.20. The molecule has 0 aliphatic heterocycles. The molecule has 0 spiro atoms. The van der Waals surface area contributed by atoms with Gasteiger partial charge >= 0.3 is 0 Å². The molecule has 3 heterocycles. The summed E-state index contributed by atoms with van der Waals surface area (Å²) in [7, 11) is 0. The molecular weight excluding hydrogens is 344 g/mol. The van der Waals surface area contributed by atoms with E-state index in [9.17, 15) is 0 Å². The molecule has 0 atom stereocenters. The molecule has 0 radical (unpaired) electrons. The minimum atomic E-state index is 0.935. The Labute approximate surface area is 156 Å². The molecule has 0 bridgehead atoms. The SMILES string of the molecule is Cc1ccc(-c2nc(-c3cc(C)n(Cc4cccs4)c3C)cs2)cc1. The highest BCUT2D eigenvalue weighted by Gasteiger charge is 2.14. The van der Waals surface area contributed by atoms with Crippen LogP contribution in [0.2, 0.25) is 0 Å². The molecule has 0 unspecified atom stereocenters. The summed E-state index contributed by atoms with van der Waals surface area (Å²) in [5.74, 6) is 0. The van der Waals surface area contributed by atoms with Gasteiger partial charge in [0, 0.05) is 32.8 Å². The summed E-state index contributed by atoms with van der Waals surface area (Å²) in [5, 5.41) is 5.39. The summed E-state index contributed by atoms with van der Waals surface area (Å²) in [4.78, 5) is 6.28. The maximum absolute atomic E-state index is 4.90. The van der Waals surface area contributed by atoms with Gasteiger partial charge in [0.2, 0.25) is 0 Å². The summed E-state index contributed by atoms with van der Waals surface area (Å²) in [6, 6.07) is 15.2. The van der Waals surface area contributed by atoms with Crippen molar-refractivity contribution in [3.8, 4) is 21.8 Å². The van der Waals surface area contributed by atoms with Gasteiger partial charge in [-0.3, -0.25) is 0 Å². The Kier molecular flexibility index (Phi) is 4.32. The van der Waals surface area contributed by atoms with Crippen LogP contribution in [0.1, 0.15) is 21.8 Å². The molecule has 4 aromatic rings. The van der Waals surface area contributed by atoms with Crippen LogP contribution in [0.15, 0.2) is 53.2 Å². The zero-order valence-electron chi connectivity index (χ0n) is 14.6. The fourth-order valence-corrected chi connectivity index (χ4v) is 4.61. The number of benzene rings is 1. The lowest BCUT2D eigenvalue weighted by atomic mass is 10.1. The topological polar surface area (TPSA) is 17.8 Å². The zero-order chi connectivity index (χ0) is 17.4. The van der Waals surface area contributed by atoms with E-state index in [1.165, 1.54) is 33.0 Å². The van der Waals surface area contributed by atoms with E-state index in [4.69, 9.17) is 4.98 Å². The largest absolute Gasteiger partial charge is 0.343 e. The number of thiazole rings is 1. The maximum atomic E-state index is 4.90. The second-order valence-corrected chi connectivity index (χ2v) is 8.24. The van der Waals surface area contributed by atoms with Crippen molar-refractivity contribution in [1.29, 1.82) is 0 Å². The fourth-order valence-electron chi connectivity index (χ4n) is 3.09. The average Bonchev–Trinajstić information content (AvgIpc) is 3.33. The lowest BCUT2D eigenvalue weighted by Gasteiger charge is -2.08. The number of hydrogen-bond acceptors (Lipinski definition) is 3. The third-order valence-corrected chi connectivity index (χ3v) is 6.30. The monoisotopic (exact) mass is 364 g/mol. The molecule has 4 rings (SSSR count). The summed E-state index contributed by atoms with van der Waals surface area (Å²) in [6.45, 7) is 7.42. The first-order valence-electron chi connectivity index (χ1n) is 8.34. The minimum Gasteiger partial charge on any atom is -0.343 e. The fraction of sp³-hybridized carbons (Fsp3) is 0.190. The van der Waals surface area contributed by atoms with Crippen LogP contribution in [0.4, 0.5) is 0 Å². The first-order valence-corrected chi connectivity index (χ1v) is 10.1. The first kappa shape index (κ1) is 16.3. The summed E-state index contributed by atoms with van der Waals surface area (Å²) in [5.41, 5.74) is 7.35. The van der Waals surface area contributed by atoms with Gasteiger partial charge in [0.15, 0.2) is 0 Å². The summed E-state index contributed by atoms with van der Waals surface area (Å²) >= 11 is 3.52. The van der Waals surface area contributed by atoms with Crippen molar-refractivity contribution >= 4 is 22.7 Å². The smallest absolute Gasteiger partial charge is 0.124 e. The molecule has 0 saturated carbocycles. The van der Waals surface area contributed by atoms with Crippen molar-refractivity contribution in [2.75, 3.05) is 0 Å². The molecule has 0 aliphatic rings. The van der Waals surface area contributed by atoms with Crippen LogP contribution in [0, 0.1) is 20.8 Å². The highest BCUT2D eigenvalue weighted by Crippen LogP contribution is 2.32. The Hall–Kier alpha value is -2.17. The van der Waals surface area contributed by atoms with Crippen LogP contribution < -0.4 is 0 Å². The predicted molar refractivity (Wildman–Crippen MR) is 109 cm³/mol. The number of thiophene rings is 1. The van der Waals surface area contributed by atoms with E-state index in [2.05, 4.69) is 78.6 Å². The molecule has 0 N–H and O–H groups in total. The molecule has 0 saturated heterocycles. The van der Waals surface area contributed by atoms with Crippen LogP contribution in [-0.2, 0) is 6.54 Å². The zero-order valence-corrected chi connectivity index (χ0v) is 16.2. The van der Waals surface area contributed by atoms with Crippen molar-refractivity contribution in [3.05, 3.63) is 75.1 Å². The van der Waals surface area contributed by atoms with Crippen molar-refractivity contribution in [3.63, 3.8) is 0 Å². The molecule has 0 aliphatic carbocycles. The van der Waals surface area contributed by atoms with E-state index in [1.54, 1.807) is 11.3 Å². The van der Waals surface area contributed by atoms with Gasteiger partial charge in [0.05, 0.1) is 12.2 Å². The molecule has 2 nitrogen and oxygen atoms in total. The van der Waals surface area contributed by atoms with Crippen molar-refractivity contribution in [2.45, 2.75) is 27.3 Å². The van der Waals surface area contributed by atoms with Crippen LogP contribution in [0.5, 0.6) is 0 Å². The maximum Gasteiger partial charge on any atom is 0.124 e. The highest BCUT2D eigenvalue weighted by atomic mass is 32.1. The van der Waals surface area contributed by atoms with Gasteiger partial charge in [-0.05, 0) is 38.3 Å². The van der Waals surface area contributed by atoms with Crippen molar-refractivity contribution in [1.82, 2.24) is 9.55 Å². The second-order valence-electron chi connectivity index (χ2n) is 6.35. The standard InChI is InChI=1S/C21H20N2S2/c1-14-6-8-17(9-7-14)21-22-20(13-25-21)19-11-15(2)23(16(19)3)12-18-5-4-10-24-18/h4-11,13H,12H2,1-3H3. The molecule has 0 amide bonds. The molecule has 3 aromatic heterocycles. The molecule has 1 aromatic carbocycles. The summed E-state index contributed by atoms with van der Waals surface area (Å²) < 4.78 is 2.38. The van der Waals surface area contributed by atoms with E-state index < -0.39 is 0 Å². The Morgan fingerprint density at radius 1 is 1.00 bits per heavy atom. The number of aryl methyl sites for hydroxylation is 2. The van der Waals surface area contributed by atoms with Gasteiger partial charge in [-0.2, -0.15) is 0 Å². The normalized spacial score (nSPS) is 11.2. The van der Waals surface area contributed by atoms with Gasteiger partial charge in [-0.15, -0.1) is 22.7 Å². The Balaban J connectivity index is 1.67. The number of nitrogens with zero attached hydrogens (tertiary/aromatic N) is 2. The van der Waals surface area contributed by atoms with Gasteiger partial charge in [0.25, 0.3) is 0 Å². The molecular formula is C21H20N2S2. The van der Waals surface area contributed by atoms with Crippen LogP contribution >= 0.6 is 22.7 Å². The van der Waals surface area contributed by atoms with Gasteiger partial charge in [0.1, 0.15) is 5.01 Å². The molecule has 126 valence electrons. The predicted octanol–water partition coefficient (Wildman–Crippen LogP) is 6.31. The van der Waals surface area contributed by atoms with Crippen molar-refractivity contribution in [2.24, 2.45) is 0 Å². The molecule has 25 heavy (non-hydrogen) atoms. The number of hydrogen-bond donors (Lipinski definition) is 0. The van der Waals surface area contributed by atoms with Crippen LogP contribution in [-0.4, -0.2) is 9.55 Å². The first-order chi connectivity index (χ1) is 12.1. The van der Waals surface area contributed by atoms with Crippen LogP contribution in [0.3, 0.4) is 0 Å². The third-order valence-electron chi connectivity index (χ3n) is 4.55. The van der Waals surface area contributed by atoms with E-state index in [-0.39, 0.29) is 0 Å². The molecule has 0 fully saturated rings. The Bertz CT molecular complexity index is 989. The van der Waals surface area contributed by atoms with Crippen LogP contribution in [0.25, 0.3) is 21.8 Å². The number of aromatic nitrogens is 2. The Morgan fingerprint density at radius 3 is 2.52 bits per heavy atom. The quantitative estimate of drug-likeness (QED) is 0.415. The lowest BCUT2D eigenvalue weighted by Crippen LogP contribution is -2.02. The van der Waals surface area contributed by atoms with Gasteiger partial charge < -0.3 is 4.57 Å². The van der Waals surface area contributed by atoms with E-state index >= 15 is 0 Å². The number of rotatable bonds is 4. The van der Waals surface area contributed by atoms with E-state index in [1.807, 2.05) is 11.3 Å². The highest BCUT2D eigenvalue weighted by molar-refractivity contribution is 7.13. The van der Waals surface area contributed by atoms with Gasteiger partial charge in [-0.25, -0.2) is 4.98 Å². The van der Waals surface area contributed by atoms with E-state index in [0.29, 0.717) is 0 Å². The van der Waals surface area contributed by atoms with Crippen molar-refractivity contribution < 1.29 is 0 Å². The minimum absolute atomic E-state index is 0.935. The second kappa shape index (κ2) is 6.62. The molecule has 4 heteroatoms.